The second kappa shape index (κ2) is 11.8. The van der Waals surface area contributed by atoms with Gasteiger partial charge in [-0.3, -0.25) is 4.18 Å². The monoisotopic (exact) mass is 503 g/mol. The molecule has 3 nitrogen and oxygen atoms in total. The number of rotatable bonds is 11. The Balaban J connectivity index is 1.48. The Morgan fingerprint density at radius 3 is 1.51 bits per heavy atom. The maximum atomic E-state index is 12.5. The molecule has 0 aromatic heterocycles. The minimum atomic E-state index is -3.71. The fraction of sp³-hybridized carbons (Fsp3) is 0.200. The lowest BCUT2D eigenvalue weighted by Gasteiger charge is -2.27. The molecule has 0 N–H and O–H groups in total. The number of hydrogen-bond acceptors (Lipinski definition) is 3. The Bertz CT molecular complexity index is 1190. The summed E-state index contributed by atoms with van der Waals surface area (Å²) in [5.41, 5.74) is 1.02. The van der Waals surface area contributed by atoms with Gasteiger partial charge >= 0.3 is 0 Å². The lowest BCUT2D eigenvalue weighted by atomic mass is 10.2. The Hall–Kier alpha value is -2.78. The second-order valence-corrected chi connectivity index (χ2v) is 13.9. The Morgan fingerprint density at radius 2 is 1.06 bits per heavy atom. The van der Waals surface area contributed by atoms with E-state index in [-0.39, 0.29) is 11.5 Å². The van der Waals surface area contributed by atoms with E-state index in [9.17, 15) is 8.42 Å². The zero-order valence-electron chi connectivity index (χ0n) is 20.1. The lowest BCUT2D eigenvalue weighted by molar-refractivity contribution is 0.308. The zero-order valence-corrected chi connectivity index (χ0v) is 21.8. The van der Waals surface area contributed by atoms with Crippen molar-refractivity contribution < 1.29 is 12.6 Å². The van der Waals surface area contributed by atoms with Crippen LogP contribution in [0.15, 0.2) is 120 Å². The van der Waals surface area contributed by atoms with Gasteiger partial charge in [0.05, 0.1) is 17.7 Å². The first-order chi connectivity index (χ1) is 17.0. The van der Waals surface area contributed by atoms with Crippen LogP contribution in [-0.4, -0.2) is 21.2 Å². The van der Waals surface area contributed by atoms with E-state index in [1.165, 1.54) is 15.9 Å². The molecule has 0 aliphatic carbocycles. The third-order valence-electron chi connectivity index (χ3n) is 6.28. The molecular formula is C30H32O3PS+. The maximum absolute atomic E-state index is 12.5. The number of unbranched alkanes of at least 4 members (excludes halogenated alkanes) is 2. The van der Waals surface area contributed by atoms with E-state index >= 15 is 0 Å². The van der Waals surface area contributed by atoms with Crippen LogP contribution >= 0.6 is 7.26 Å². The first kappa shape index (κ1) is 25.3. The minimum absolute atomic E-state index is 0.198. The van der Waals surface area contributed by atoms with Crippen molar-refractivity contribution in [3.8, 4) is 0 Å². The highest BCUT2D eigenvalue weighted by molar-refractivity contribution is 7.95. The standard InChI is InChI=1S/C30H32O3PS/c1-26-20-22-30(23-21-26)35(31,32)33-24-12-5-13-25-34(27-14-6-2-7-15-27,28-16-8-3-9-17-28)29-18-10-4-11-19-29/h2-4,6-11,14-23H,5,12-13,24-25H2,1H3/q+1. The van der Waals surface area contributed by atoms with Gasteiger partial charge in [0.15, 0.2) is 0 Å². The van der Waals surface area contributed by atoms with Gasteiger partial charge in [-0.05, 0) is 74.7 Å². The van der Waals surface area contributed by atoms with Crippen LogP contribution in [0.1, 0.15) is 24.8 Å². The van der Waals surface area contributed by atoms with Gasteiger partial charge < -0.3 is 0 Å². The largest absolute Gasteiger partial charge is 0.296 e. The fourth-order valence-electron chi connectivity index (χ4n) is 4.45. The number of aryl methyl sites for hydroxylation is 1. The quantitative estimate of drug-likeness (QED) is 0.146. The van der Waals surface area contributed by atoms with Crippen molar-refractivity contribution in [1.29, 1.82) is 0 Å². The summed E-state index contributed by atoms with van der Waals surface area (Å²) in [4.78, 5) is 0.213. The van der Waals surface area contributed by atoms with E-state index in [0.29, 0.717) is 6.42 Å². The van der Waals surface area contributed by atoms with Crippen LogP contribution in [0.25, 0.3) is 0 Å². The zero-order chi connectivity index (χ0) is 24.6. The summed E-state index contributed by atoms with van der Waals surface area (Å²) in [6.07, 6.45) is 3.61. The normalized spacial score (nSPS) is 11.9. The highest BCUT2D eigenvalue weighted by Crippen LogP contribution is 2.55. The third-order valence-corrected chi connectivity index (χ3v) is 12.1. The van der Waals surface area contributed by atoms with Gasteiger partial charge in [-0.2, -0.15) is 8.42 Å². The molecule has 0 heterocycles. The van der Waals surface area contributed by atoms with Gasteiger partial charge in [-0.15, -0.1) is 0 Å². The van der Waals surface area contributed by atoms with E-state index in [0.717, 1.165) is 24.6 Å². The molecule has 0 radical (unpaired) electrons. The first-order valence-electron chi connectivity index (χ1n) is 12.0. The molecule has 4 aromatic carbocycles. The predicted octanol–water partition coefficient (Wildman–Crippen LogP) is 5.86. The summed E-state index contributed by atoms with van der Waals surface area (Å²) >= 11 is 0. The van der Waals surface area contributed by atoms with Gasteiger partial charge in [0, 0.05) is 0 Å². The molecule has 0 saturated carbocycles. The molecule has 0 fully saturated rings. The first-order valence-corrected chi connectivity index (χ1v) is 15.4. The SMILES string of the molecule is Cc1ccc(S(=O)(=O)OCCCCC[P+](c2ccccc2)(c2ccccc2)c2ccccc2)cc1. The average molecular weight is 504 g/mol. The van der Waals surface area contributed by atoms with Crippen molar-refractivity contribution in [2.24, 2.45) is 0 Å². The van der Waals surface area contributed by atoms with Gasteiger partial charge in [-0.1, -0.05) is 72.3 Å². The third kappa shape index (κ3) is 6.08. The molecule has 180 valence electrons. The molecule has 0 bridgehead atoms. The van der Waals surface area contributed by atoms with E-state index in [2.05, 4.69) is 91.0 Å². The molecule has 5 heteroatoms. The predicted molar refractivity (Wildman–Crippen MR) is 148 cm³/mol. The Morgan fingerprint density at radius 1 is 0.600 bits per heavy atom. The summed E-state index contributed by atoms with van der Waals surface area (Å²) in [6.45, 7) is 2.13. The Labute approximate surface area is 210 Å². The van der Waals surface area contributed by atoms with Crippen LogP contribution in [-0.2, 0) is 14.3 Å². The van der Waals surface area contributed by atoms with E-state index in [4.69, 9.17) is 4.18 Å². The van der Waals surface area contributed by atoms with E-state index < -0.39 is 17.4 Å². The maximum Gasteiger partial charge on any atom is 0.296 e. The van der Waals surface area contributed by atoms with Gasteiger partial charge in [0.1, 0.15) is 23.2 Å². The van der Waals surface area contributed by atoms with Crippen LogP contribution in [0.4, 0.5) is 0 Å². The second-order valence-electron chi connectivity index (χ2n) is 8.69. The topological polar surface area (TPSA) is 43.4 Å². The van der Waals surface area contributed by atoms with Crippen LogP contribution in [0.2, 0.25) is 0 Å². The molecule has 0 spiro atoms. The van der Waals surface area contributed by atoms with Gasteiger partial charge in [-0.25, -0.2) is 0 Å². The van der Waals surface area contributed by atoms with Crippen molar-refractivity contribution in [1.82, 2.24) is 0 Å². The number of hydrogen-bond donors (Lipinski definition) is 0. The molecule has 4 aromatic rings. The summed E-state index contributed by atoms with van der Waals surface area (Å²) in [6, 6.07) is 39.3. The molecule has 0 aliphatic heterocycles. The van der Waals surface area contributed by atoms with E-state index in [1.807, 2.05) is 6.92 Å². The number of benzene rings is 4. The van der Waals surface area contributed by atoms with Gasteiger partial charge in [0.25, 0.3) is 10.1 Å². The Kier molecular flexibility index (Phi) is 8.51. The van der Waals surface area contributed by atoms with Crippen molar-refractivity contribution >= 4 is 33.3 Å². The highest BCUT2D eigenvalue weighted by atomic mass is 32.2. The van der Waals surface area contributed by atoms with Crippen LogP contribution in [0, 0.1) is 6.92 Å². The minimum Gasteiger partial charge on any atom is -0.266 e. The van der Waals surface area contributed by atoms with E-state index in [1.54, 1.807) is 24.3 Å². The molecular weight excluding hydrogens is 471 g/mol. The summed E-state index contributed by atoms with van der Waals surface area (Å²) < 4.78 is 30.3. The highest BCUT2D eigenvalue weighted by Gasteiger charge is 2.44. The summed E-state index contributed by atoms with van der Waals surface area (Å²) in [7, 11) is -5.56. The summed E-state index contributed by atoms with van der Waals surface area (Å²) in [5.74, 6) is 0. The van der Waals surface area contributed by atoms with Gasteiger partial charge in [0.2, 0.25) is 0 Å². The smallest absolute Gasteiger partial charge is 0.266 e. The van der Waals surface area contributed by atoms with Crippen molar-refractivity contribution in [2.45, 2.75) is 31.1 Å². The molecule has 4 rings (SSSR count). The molecule has 0 atom stereocenters. The van der Waals surface area contributed by atoms with Crippen molar-refractivity contribution in [2.75, 3.05) is 12.8 Å². The van der Waals surface area contributed by atoms with Crippen molar-refractivity contribution in [3.05, 3.63) is 121 Å². The fourth-order valence-corrected chi connectivity index (χ4v) is 9.80. The lowest BCUT2D eigenvalue weighted by Crippen LogP contribution is -2.33. The van der Waals surface area contributed by atoms with Crippen molar-refractivity contribution in [3.63, 3.8) is 0 Å². The van der Waals surface area contributed by atoms with Crippen LogP contribution < -0.4 is 15.9 Å². The molecule has 0 saturated heterocycles. The van der Waals surface area contributed by atoms with Crippen LogP contribution in [0.5, 0.6) is 0 Å². The van der Waals surface area contributed by atoms with Crippen LogP contribution in [0.3, 0.4) is 0 Å². The molecule has 0 amide bonds. The molecule has 0 aliphatic rings. The summed E-state index contributed by atoms with van der Waals surface area (Å²) in [5, 5.41) is 4.11. The average Bonchev–Trinajstić information content (AvgIpc) is 2.90. The molecule has 0 unspecified atom stereocenters. The molecule has 35 heavy (non-hydrogen) atoms.